The number of aryl methyl sites for hydroxylation is 1. The highest BCUT2D eigenvalue weighted by Gasteiger charge is 2.19. The number of nitrogens with one attached hydrogen (secondary N) is 1. The number of hydrogen-bond donors (Lipinski definition) is 1. The van der Waals surface area contributed by atoms with Crippen molar-refractivity contribution in [2.24, 2.45) is 5.10 Å². The number of aromatic nitrogens is 2. The van der Waals surface area contributed by atoms with E-state index in [1.165, 1.54) is 10.2 Å². The zero-order valence-corrected chi connectivity index (χ0v) is 16.8. The smallest absolute Gasteiger partial charge is 0.267 e. The van der Waals surface area contributed by atoms with E-state index in [4.69, 9.17) is 0 Å². The largest absolute Gasteiger partial charge is 0.292 e. The molecule has 152 valence electrons. The fraction of sp³-hybridized carbons (Fsp3) is 0.120. The quantitative estimate of drug-likeness (QED) is 0.525. The van der Waals surface area contributed by atoms with E-state index in [-0.39, 0.29) is 17.8 Å². The third kappa shape index (κ3) is 3.64. The minimum absolute atomic E-state index is 0.182. The van der Waals surface area contributed by atoms with Crippen molar-refractivity contribution in [2.75, 3.05) is 0 Å². The first kappa shape index (κ1) is 18.9. The normalized spacial score (nSPS) is 14.0. The van der Waals surface area contributed by atoms with Crippen LogP contribution in [-0.2, 0) is 13.0 Å². The van der Waals surface area contributed by atoms with Gasteiger partial charge in [-0.25, -0.2) is 10.1 Å². The summed E-state index contributed by atoms with van der Waals surface area (Å²) in [7, 11) is 0. The van der Waals surface area contributed by atoms with Gasteiger partial charge in [0.15, 0.2) is 5.69 Å². The number of benzene rings is 3. The maximum Gasteiger partial charge on any atom is 0.292 e. The summed E-state index contributed by atoms with van der Waals surface area (Å²) in [6, 6.07) is 24.7. The topological polar surface area (TPSA) is 76.3 Å². The Morgan fingerprint density at radius 2 is 1.61 bits per heavy atom. The number of rotatable bonds is 4. The molecular weight excluding hydrogens is 388 g/mol. The predicted octanol–water partition coefficient (Wildman–Crippen LogP) is 3.53. The van der Waals surface area contributed by atoms with Gasteiger partial charge in [0.05, 0.1) is 17.6 Å². The summed E-state index contributed by atoms with van der Waals surface area (Å²) in [4.78, 5) is 26.0. The Balaban J connectivity index is 1.51. The monoisotopic (exact) mass is 408 g/mol. The van der Waals surface area contributed by atoms with Crippen LogP contribution >= 0.6 is 0 Å². The fourth-order valence-corrected chi connectivity index (χ4v) is 3.96. The van der Waals surface area contributed by atoms with Crippen molar-refractivity contribution < 1.29 is 4.79 Å². The van der Waals surface area contributed by atoms with Crippen molar-refractivity contribution >= 4 is 22.4 Å². The zero-order valence-electron chi connectivity index (χ0n) is 16.8. The van der Waals surface area contributed by atoms with Crippen LogP contribution in [0.15, 0.2) is 88.8 Å². The first-order valence-electron chi connectivity index (χ1n) is 10.2. The average molecular weight is 408 g/mol. The van der Waals surface area contributed by atoms with E-state index in [1.807, 2.05) is 48.5 Å². The Hall–Kier alpha value is -4.06. The third-order valence-electron chi connectivity index (χ3n) is 5.51. The molecule has 1 aliphatic rings. The second-order valence-electron chi connectivity index (χ2n) is 7.50. The lowest BCUT2D eigenvalue weighted by Crippen LogP contribution is -2.29. The molecule has 0 unspecified atom stereocenters. The van der Waals surface area contributed by atoms with Gasteiger partial charge >= 0.3 is 0 Å². The Bertz CT molecular complexity index is 1370. The van der Waals surface area contributed by atoms with Gasteiger partial charge < -0.3 is 0 Å². The van der Waals surface area contributed by atoms with E-state index in [9.17, 15) is 9.59 Å². The molecule has 0 atom stereocenters. The van der Waals surface area contributed by atoms with Gasteiger partial charge in [-0.15, -0.1) is 0 Å². The van der Waals surface area contributed by atoms with Crippen LogP contribution in [0.1, 0.15) is 33.6 Å². The van der Waals surface area contributed by atoms with Crippen molar-refractivity contribution in [1.82, 2.24) is 15.2 Å². The van der Waals surface area contributed by atoms with E-state index < -0.39 is 5.91 Å². The zero-order chi connectivity index (χ0) is 21.2. The van der Waals surface area contributed by atoms with E-state index in [2.05, 4.69) is 21.7 Å². The molecule has 0 spiro atoms. The Labute approximate surface area is 178 Å². The minimum Gasteiger partial charge on any atom is -0.267 e. The molecule has 1 N–H and O–H groups in total. The Morgan fingerprint density at radius 3 is 2.45 bits per heavy atom. The predicted molar refractivity (Wildman–Crippen MR) is 120 cm³/mol. The van der Waals surface area contributed by atoms with E-state index in [0.717, 1.165) is 29.7 Å². The van der Waals surface area contributed by atoms with Gasteiger partial charge in [-0.05, 0) is 30.0 Å². The molecule has 0 saturated carbocycles. The molecule has 0 bridgehead atoms. The highest BCUT2D eigenvalue weighted by atomic mass is 16.2. The second-order valence-corrected chi connectivity index (χ2v) is 7.50. The number of carbonyl (C=O) groups is 1. The fourth-order valence-electron chi connectivity index (χ4n) is 3.96. The van der Waals surface area contributed by atoms with Crippen molar-refractivity contribution in [3.8, 4) is 0 Å². The molecule has 31 heavy (non-hydrogen) atoms. The van der Waals surface area contributed by atoms with E-state index in [1.54, 1.807) is 24.3 Å². The number of carbonyl (C=O) groups excluding carboxylic acids is 1. The molecular formula is C25H20N4O2. The highest BCUT2D eigenvalue weighted by Crippen LogP contribution is 2.22. The van der Waals surface area contributed by atoms with Gasteiger partial charge in [0.25, 0.3) is 11.5 Å². The van der Waals surface area contributed by atoms with Crippen LogP contribution in [0.4, 0.5) is 0 Å². The molecule has 6 heteroatoms. The second kappa shape index (κ2) is 7.99. The first-order valence-corrected chi connectivity index (χ1v) is 10.2. The van der Waals surface area contributed by atoms with Gasteiger partial charge in [0, 0.05) is 10.9 Å². The van der Waals surface area contributed by atoms with Crippen LogP contribution in [0.25, 0.3) is 10.8 Å². The Kier molecular flexibility index (Phi) is 4.88. The van der Waals surface area contributed by atoms with Crippen LogP contribution < -0.4 is 11.0 Å². The van der Waals surface area contributed by atoms with E-state index >= 15 is 0 Å². The average Bonchev–Trinajstić information content (AvgIpc) is 3.23. The summed E-state index contributed by atoms with van der Waals surface area (Å²) in [6.45, 7) is 0.284. The molecule has 0 radical (unpaired) electrons. The van der Waals surface area contributed by atoms with Gasteiger partial charge in [0.1, 0.15) is 0 Å². The summed E-state index contributed by atoms with van der Waals surface area (Å²) in [5.74, 6) is -0.435. The first-order chi connectivity index (χ1) is 15.2. The maximum atomic E-state index is 13.0. The summed E-state index contributed by atoms with van der Waals surface area (Å²) in [5, 5.41) is 9.75. The van der Waals surface area contributed by atoms with Crippen molar-refractivity contribution in [3.63, 3.8) is 0 Å². The van der Waals surface area contributed by atoms with Gasteiger partial charge in [-0.1, -0.05) is 72.8 Å². The number of hydrogen-bond acceptors (Lipinski definition) is 4. The molecule has 0 fully saturated rings. The lowest BCUT2D eigenvalue weighted by atomic mass is 10.1. The van der Waals surface area contributed by atoms with Crippen molar-refractivity contribution in [3.05, 3.63) is 112 Å². The number of nitrogens with zero attached hydrogens (tertiary/aromatic N) is 3. The molecule has 1 aromatic heterocycles. The van der Waals surface area contributed by atoms with Gasteiger partial charge in [-0.3, -0.25) is 9.59 Å². The maximum absolute atomic E-state index is 13.0. The van der Waals surface area contributed by atoms with Crippen LogP contribution in [-0.4, -0.2) is 21.4 Å². The molecule has 6 nitrogen and oxygen atoms in total. The van der Waals surface area contributed by atoms with Crippen LogP contribution in [0.2, 0.25) is 0 Å². The van der Waals surface area contributed by atoms with Crippen molar-refractivity contribution in [2.45, 2.75) is 19.4 Å². The highest BCUT2D eigenvalue weighted by molar-refractivity contribution is 6.07. The van der Waals surface area contributed by atoms with Crippen molar-refractivity contribution in [1.29, 1.82) is 0 Å². The van der Waals surface area contributed by atoms with Crippen LogP contribution in [0, 0.1) is 0 Å². The number of fused-ring (bicyclic) bond motifs is 2. The third-order valence-corrected chi connectivity index (χ3v) is 5.51. The molecule has 1 amide bonds. The summed E-state index contributed by atoms with van der Waals surface area (Å²) in [5.41, 5.74) is 6.69. The molecule has 0 saturated heterocycles. The molecule has 5 rings (SSSR count). The Morgan fingerprint density at radius 1 is 0.903 bits per heavy atom. The van der Waals surface area contributed by atoms with Crippen LogP contribution in [0.3, 0.4) is 0 Å². The molecule has 4 aromatic rings. The van der Waals surface area contributed by atoms with Crippen LogP contribution in [0.5, 0.6) is 0 Å². The number of hydrazone groups is 1. The summed E-state index contributed by atoms with van der Waals surface area (Å²) < 4.78 is 1.34. The van der Waals surface area contributed by atoms with Gasteiger partial charge in [0.2, 0.25) is 0 Å². The lowest BCUT2D eigenvalue weighted by molar-refractivity contribution is 0.0949. The summed E-state index contributed by atoms with van der Waals surface area (Å²) >= 11 is 0. The molecule has 0 aliphatic heterocycles. The van der Waals surface area contributed by atoms with Gasteiger partial charge in [-0.2, -0.15) is 10.2 Å². The molecule has 3 aromatic carbocycles. The standard InChI is InChI=1S/C25H20N4O2/c30-24(27-26-22-15-14-18-10-4-5-11-19(18)22)23-20-12-6-7-13-21(20)25(31)29(28-23)16-17-8-2-1-3-9-17/h1-13H,14-16H2,(H,27,30). The molecule has 1 aliphatic carbocycles. The minimum atomic E-state index is -0.435. The molecule has 1 heterocycles. The lowest BCUT2D eigenvalue weighted by Gasteiger charge is -2.10. The number of amides is 1. The van der Waals surface area contributed by atoms with E-state index in [0.29, 0.717) is 10.8 Å². The summed E-state index contributed by atoms with van der Waals surface area (Å²) in [6.07, 6.45) is 1.69. The SMILES string of the molecule is O=C(NN=C1CCc2ccccc21)c1nn(Cc2ccccc2)c(=O)c2ccccc12.